The third kappa shape index (κ3) is 5.14. The monoisotopic (exact) mass is 575 g/mol. The molecule has 0 aromatic heterocycles. The summed E-state index contributed by atoms with van der Waals surface area (Å²) in [6, 6.07) is 19.4. The van der Waals surface area contributed by atoms with Gasteiger partial charge in [0.05, 0.1) is 20.4 Å². The number of halogens is 3. The molecule has 1 aliphatic rings. The van der Waals surface area contributed by atoms with E-state index in [1.165, 1.54) is 11.0 Å². The first-order chi connectivity index (χ1) is 15.4. The Balaban J connectivity index is 1.51. The molecule has 0 aliphatic carbocycles. The van der Waals surface area contributed by atoms with Gasteiger partial charge in [-0.3, -0.25) is 14.5 Å². The predicted octanol–water partition coefficient (Wildman–Crippen LogP) is 7.17. The topological polar surface area (TPSA) is 46.6 Å². The second kappa shape index (κ2) is 10.0. The Kier molecular flexibility index (Phi) is 7.13. The summed E-state index contributed by atoms with van der Waals surface area (Å²) in [7, 11) is 0. The molecule has 32 heavy (non-hydrogen) atoms. The SMILES string of the molecule is O=C1S/C(=C/c2cc(Br)c(OCc3ccccc3F)c(Br)c2)C(=O)N1Cc1ccccc1. The first-order valence-corrected chi connectivity index (χ1v) is 12.0. The van der Waals surface area contributed by atoms with Gasteiger partial charge in [0.2, 0.25) is 0 Å². The van der Waals surface area contributed by atoms with E-state index in [0.29, 0.717) is 30.7 Å². The lowest BCUT2D eigenvalue weighted by molar-refractivity contribution is -0.123. The number of imide groups is 1. The predicted molar refractivity (Wildman–Crippen MR) is 131 cm³/mol. The van der Waals surface area contributed by atoms with E-state index in [2.05, 4.69) is 31.9 Å². The van der Waals surface area contributed by atoms with E-state index in [4.69, 9.17) is 4.74 Å². The van der Waals surface area contributed by atoms with E-state index < -0.39 is 0 Å². The van der Waals surface area contributed by atoms with Gasteiger partial charge in [-0.1, -0.05) is 48.5 Å². The standard InChI is InChI=1S/C24H16Br2FNO3S/c25-18-10-16(11-19(26)22(18)31-14-17-8-4-5-9-20(17)27)12-21-23(29)28(24(30)32-21)13-15-6-2-1-3-7-15/h1-12H,13-14H2/b21-12+. The fourth-order valence-electron chi connectivity index (χ4n) is 3.12. The van der Waals surface area contributed by atoms with Crippen molar-refractivity contribution in [3.05, 3.63) is 103 Å². The zero-order chi connectivity index (χ0) is 22.7. The molecular weight excluding hydrogens is 561 g/mol. The molecule has 2 amide bonds. The molecule has 162 valence electrons. The summed E-state index contributed by atoms with van der Waals surface area (Å²) in [4.78, 5) is 26.8. The van der Waals surface area contributed by atoms with Gasteiger partial charge in [0.15, 0.2) is 0 Å². The number of hydrogen-bond donors (Lipinski definition) is 0. The lowest BCUT2D eigenvalue weighted by Gasteiger charge is -2.13. The van der Waals surface area contributed by atoms with Crippen LogP contribution in [0.3, 0.4) is 0 Å². The molecule has 0 unspecified atom stereocenters. The molecule has 3 aromatic rings. The number of thioether (sulfide) groups is 1. The molecule has 4 rings (SSSR count). The maximum atomic E-state index is 13.8. The maximum absolute atomic E-state index is 13.8. The Labute approximate surface area is 205 Å². The molecule has 3 aromatic carbocycles. The molecule has 1 heterocycles. The van der Waals surface area contributed by atoms with Crippen molar-refractivity contribution in [3.63, 3.8) is 0 Å². The summed E-state index contributed by atoms with van der Waals surface area (Å²) in [5.74, 6) is -0.138. The second-order valence-corrected chi connectivity index (χ2v) is 9.65. The summed E-state index contributed by atoms with van der Waals surface area (Å²) in [5, 5.41) is -0.298. The van der Waals surface area contributed by atoms with E-state index in [1.807, 2.05) is 30.3 Å². The van der Waals surface area contributed by atoms with Crippen molar-refractivity contribution < 1.29 is 18.7 Å². The summed E-state index contributed by atoms with van der Waals surface area (Å²) < 4.78 is 20.9. The fraction of sp³-hybridized carbons (Fsp3) is 0.0833. The first kappa shape index (κ1) is 22.8. The second-order valence-electron chi connectivity index (χ2n) is 6.95. The number of nitrogens with zero attached hydrogens (tertiary/aromatic N) is 1. The Morgan fingerprint density at radius 1 is 0.969 bits per heavy atom. The van der Waals surface area contributed by atoms with E-state index in [-0.39, 0.29) is 30.1 Å². The van der Waals surface area contributed by atoms with Crippen LogP contribution in [0.25, 0.3) is 6.08 Å². The van der Waals surface area contributed by atoms with Crippen LogP contribution in [-0.4, -0.2) is 16.0 Å². The van der Waals surface area contributed by atoms with Gasteiger partial charge in [0.1, 0.15) is 18.2 Å². The minimum Gasteiger partial charge on any atom is -0.486 e. The van der Waals surface area contributed by atoms with Gasteiger partial charge in [-0.05, 0) is 79.0 Å². The smallest absolute Gasteiger partial charge is 0.293 e. The fourth-order valence-corrected chi connectivity index (χ4v) is 5.41. The molecule has 0 N–H and O–H groups in total. The van der Waals surface area contributed by atoms with Crippen molar-refractivity contribution in [2.45, 2.75) is 13.2 Å². The van der Waals surface area contributed by atoms with Crippen molar-refractivity contribution in [2.75, 3.05) is 0 Å². The number of amides is 2. The Morgan fingerprint density at radius 2 is 1.62 bits per heavy atom. The van der Waals surface area contributed by atoms with E-state index >= 15 is 0 Å². The summed E-state index contributed by atoms with van der Waals surface area (Å²) in [5.41, 5.74) is 2.05. The molecule has 4 nitrogen and oxygen atoms in total. The minimum absolute atomic E-state index is 0.0710. The third-order valence-electron chi connectivity index (χ3n) is 4.71. The highest BCUT2D eigenvalue weighted by Crippen LogP contribution is 2.38. The van der Waals surface area contributed by atoms with Crippen LogP contribution in [0.5, 0.6) is 5.75 Å². The summed E-state index contributed by atoms with van der Waals surface area (Å²) in [6.07, 6.45) is 1.67. The van der Waals surface area contributed by atoms with Crippen LogP contribution >= 0.6 is 43.6 Å². The Morgan fingerprint density at radius 3 is 2.31 bits per heavy atom. The lowest BCUT2D eigenvalue weighted by Crippen LogP contribution is -2.27. The van der Waals surface area contributed by atoms with Gasteiger partial charge in [-0.15, -0.1) is 0 Å². The average Bonchev–Trinajstić information content (AvgIpc) is 3.02. The molecule has 0 atom stereocenters. The van der Waals surface area contributed by atoms with Crippen molar-refractivity contribution in [1.82, 2.24) is 4.90 Å². The normalized spacial score (nSPS) is 15.0. The van der Waals surface area contributed by atoms with Crippen LogP contribution in [0.15, 0.2) is 80.6 Å². The Bertz CT molecular complexity index is 1190. The molecule has 8 heteroatoms. The lowest BCUT2D eigenvalue weighted by atomic mass is 10.2. The zero-order valence-electron chi connectivity index (χ0n) is 16.6. The number of benzene rings is 3. The molecular formula is C24H16Br2FNO3S. The molecule has 0 radical (unpaired) electrons. The number of carbonyl (C=O) groups is 2. The van der Waals surface area contributed by atoms with Gasteiger partial charge in [0, 0.05) is 5.56 Å². The van der Waals surface area contributed by atoms with Crippen molar-refractivity contribution >= 4 is 60.8 Å². The van der Waals surface area contributed by atoms with Gasteiger partial charge in [0.25, 0.3) is 11.1 Å². The summed E-state index contributed by atoms with van der Waals surface area (Å²) >= 11 is 7.87. The van der Waals surface area contributed by atoms with Crippen molar-refractivity contribution in [1.29, 1.82) is 0 Å². The van der Waals surface area contributed by atoms with Crippen LogP contribution in [0, 0.1) is 5.82 Å². The zero-order valence-corrected chi connectivity index (χ0v) is 20.5. The highest BCUT2D eigenvalue weighted by Gasteiger charge is 2.35. The van der Waals surface area contributed by atoms with Crippen molar-refractivity contribution in [3.8, 4) is 5.75 Å². The first-order valence-electron chi connectivity index (χ1n) is 9.57. The largest absolute Gasteiger partial charge is 0.486 e. The number of hydrogen-bond acceptors (Lipinski definition) is 4. The highest BCUT2D eigenvalue weighted by atomic mass is 79.9. The minimum atomic E-state index is -0.331. The molecule has 1 aliphatic heterocycles. The summed E-state index contributed by atoms with van der Waals surface area (Å²) in [6.45, 7) is 0.306. The van der Waals surface area contributed by atoms with Gasteiger partial charge in [-0.25, -0.2) is 4.39 Å². The molecule has 1 fully saturated rings. The van der Waals surface area contributed by atoms with Crippen LogP contribution in [0.2, 0.25) is 0 Å². The van der Waals surface area contributed by atoms with Crippen LogP contribution in [0.4, 0.5) is 9.18 Å². The average molecular weight is 577 g/mol. The Hall–Kier alpha value is -2.42. The number of carbonyl (C=O) groups excluding carboxylic acids is 2. The highest BCUT2D eigenvalue weighted by molar-refractivity contribution is 9.11. The van der Waals surface area contributed by atoms with Crippen LogP contribution in [0.1, 0.15) is 16.7 Å². The van der Waals surface area contributed by atoms with Crippen LogP contribution < -0.4 is 4.74 Å². The maximum Gasteiger partial charge on any atom is 0.293 e. The number of rotatable bonds is 6. The van der Waals surface area contributed by atoms with E-state index in [9.17, 15) is 14.0 Å². The molecule has 1 saturated heterocycles. The van der Waals surface area contributed by atoms with Crippen LogP contribution in [-0.2, 0) is 17.9 Å². The quantitative estimate of drug-likeness (QED) is 0.292. The molecule has 0 bridgehead atoms. The van der Waals surface area contributed by atoms with E-state index in [0.717, 1.165) is 17.3 Å². The van der Waals surface area contributed by atoms with Gasteiger partial charge in [-0.2, -0.15) is 0 Å². The third-order valence-corrected chi connectivity index (χ3v) is 6.79. The molecule has 0 saturated carbocycles. The number of ether oxygens (including phenoxy) is 1. The van der Waals surface area contributed by atoms with E-state index in [1.54, 1.807) is 36.4 Å². The van der Waals surface area contributed by atoms with Crippen molar-refractivity contribution in [2.24, 2.45) is 0 Å². The van der Waals surface area contributed by atoms with Gasteiger partial charge >= 0.3 is 0 Å². The molecule has 0 spiro atoms. The van der Waals surface area contributed by atoms with Gasteiger partial charge < -0.3 is 4.74 Å².